The fourth-order valence-corrected chi connectivity index (χ4v) is 4.16. The second kappa shape index (κ2) is 7.78. The molecule has 1 aromatic heterocycles. The first kappa shape index (κ1) is 18.3. The van der Waals surface area contributed by atoms with Gasteiger partial charge in [0.15, 0.2) is 0 Å². The first-order valence-corrected chi connectivity index (χ1v) is 9.27. The number of nitrogens with one attached hydrogen (secondary N) is 2. The maximum Gasteiger partial charge on any atom is 0.279 e. The number of amides is 2. The van der Waals surface area contributed by atoms with Crippen molar-refractivity contribution in [2.24, 2.45) is 5.92 Å². The van der Waals surface area contributed by atoms with Gasteiger partial charge in [-0.05, 0) is 55.0 Å². The number of rotatable bonds is 4. The molecule has 7 heteroatoms. The minimum atomic E-state index is -0.468. The van der Waals surface area contributed by atoms with E-state index in [4.69, 9.17) is 9.47 Å². The SMILES string of the molecule is COc1ccc(OC)c(C(=O)NNC(=O)c2cc3c(s2)CCC(C)C3)c1. The molecule has 1 aliphatic rings. The van der Waals surface area contributed by atoms with Crippen LogP contribution < -0.4 is 20.3 Å². The van der Waals surface area contributed by atoms with E-state index in [9.17, 15) is 9.59 Å². The number of ether oxygens (including phenoxy) is 2. The quantitative estimate of drug-likeness (QED) is 0.807. The van der Waals surface area contributed by atoms with Gasteiger partial charge < -0.3 is 9.47 Å². The van der Waals surface area contributed by atoms with Gasteiger partial charge >= 0.3 is 0 Å². The van der Waals surface area contributed by atoms with Gasteiger partial charge in [0.05, 0.1) is 24.7 Å². The predicted molar refractivity (Wildman–Crippen MR) is 100.0 cm³/mol. The third kappa shape index (κ3) is 3.83. The number of hydrogen-bond donors (Lipinski definition) is 2. The molecule has 1 aromatic carbocycles. The number of methoxy groups -OCH3 is 2. The lowest BCUT2D eigenvalue weighted by atomic mass is 9.90. The molecule has 1 aliphatic carbocycles. The molecular formula is C19H22N2O4S. The second-order valence-corrected chi connectivity index (χ2v) is 7.52. The lowest BCUT2D eigenvalue weighted by Crippen LogP contribution is -2.41. The summed E-state index contributed by atoms with van der Waals surface area (Å²) in [5.74, 6) is 0.796. The van der Waals surface area contributed by atoms with Crippen LogP contribution in [-0.4, -0.2) is 26.0 Å². The van der Waals surface area contributed by atoms with Gasteiger partial charge in [0.1, 0.15) is 11.5 Å². The standard InChI is InChI=1S/C19H22N2O4S/c1-11-4-7-16-12(8-11)9-17(26-16)19(23)21-20-18(22)14-10-13(24-2)5-6-15(14)25-3/h5-6,9-11H,4,7-8H2,1-3H3,(H,20,22)(H,21,23). The molecule has 0 bridgehead atoms. The Morgan fingerprint density at radius 3 is 2.62 bits per heavy atom. The number of carbonyl (C=O) groups is 2. The summed E-state index contributed by atoms with van der Waals surface area (Å²) < 4.78 is 10.3. The Hall–Kier alpha value is -2.54. The largest absolute Gasteiger partial charge is 0.497 e. The van der Waals surface area contributed by atoms with Crippen LogP contribution in [0.1, 0.15) is 43.8 Å². The van der Waals surface area contributed by atoms with Crippen LogP contribution in [0.3, 0.4) is 0 Å². The van der Waals surface area contributed by atoms with E-state index in [0.717, 1.165) is 19.3 Å². The van der Waals surface area contributed by atoms with Crippen LogP contribution in [0.15, 0.2) is 24.3 Å². The predicted octanol–water partition coefficient (Wildman–Crippen LogP) is 2.96. The maximum absolute atomic E-state index is 12.4. The summed E-state index contributed by atoms with van der Waals surface area (Å²) in [4.78, 5) is 26.7. The van der Waals surface area contributed by atoms with Gasteiger partial charge in [-0.3, -0.25) is 20.4 Å². The van der Waals surface area contributed by atoms with Crippen molar-refractivity contribution in [3.05, 3.63) is 45.1 Å². The summed E-state index contributed by atoms with van der Waals surface area (Å²) in [5.41, 5.74) is 6.46. The lowest BCUT2D eigenvalue weighted by molar-refractivity contribution is 0.0847. The molecule has 26 heavy (non-hydrogen) atoms. The molecule has 0 fully saturated rings. The van der Waals surface area contributed by atoms with E-state index in [1.807, 2.05) is 6.07 Å². The number of fused-ring (bicyclic) bond motifs is 1. The second-order valence-electron chi connectivity index (χ2n) is 6.38. The monoisotopic (exact) mass is 374 g/mol. The summed E-state index contributed by atoms with van der Waals surface area (Å²) in [6.45, 7) is 2.22. The number of thiophene rings is 1. The highest BCUT2D eigenvalue weighted by molar-refractivity contribution is 7.14. The Balaban J connectivity index is 1.67. The van der Waals surface area contributed by atoms with Crippen molar-refractivity contribution < 1.29 is 19.1 Å². The number of carbonyl (C=O) groups excluding carboxylic acids is 2. The molecule has 138 valence electrons. The zero-order chi connectivity index (χ0) is 18.7. The van der Waals surface area contributed by atoms with Gasteiger partial charge in [-0.25, -0.2) is 0 Å². The van der Waals surface area contributed by atoms with Gasteiger partial charge in [0.25, 0.3) is 11.8 Å². The summed E-state index contributed by atoms with van der Waals surface area (Å²) in [6.07, 6.45) is 3.18. The third-order valence-corrected chi connectivity index (χ3v) is 5.73. The molecule has 0 saturated heterocycles. The molecule has 2 aromatic rings. The van der Waals surface area contributed by atoms with Gasteiger partial charge in [0.2, 0.25) is 0 Å². The van der Waals surface area contributed by atoms with E-state index in [1.54, 1.807) is 18.2 Å². The van der Waals surface area contributed by atoms with E-state index in [2.05, 4.69) is 17.8 Å². The zero-order valence-corrected chi connectivity index (χ0v) is 15.9. The molecule has 1 heterocycles. The summed E-state index contributed by atoms with van der Waals surface area (Å²) >= 11 is 1.50. The first-order valence-electron chi connectivity index (χ1n) is 8.46. The summed E-state index contributed by atoms with van der Waals surface area (Å²) in [6, 6.07) is 6.84. The van der Waals surface area contributed by atoms with E-state index >= 15 is 0 Å². The average Bonchev–Trinajstić information content (AvgIpc) is 3.08. The van der Waals surface area contributed by atoms with Crippen LogP contribution in [-0.2, 0) is 12.8 Å². The van der Waals surface area contributed by atoms with E-state index < -0.39 is 5.91 Å². The van der Waals surface area contributed by atoms with Gasteiger partial charge in [-0.2, -0.15) is 0 Å². The van der Waals surface area contributed by atoms with Crippen LogP contribution in [0.5, 0.6) is 11.5 Å². The molecule has 1 atom stereocenters. The van der Waals surface area contributed by atoms with Crippen LogP contribution in [0.25, 0.3) is 0 Å². The van der Waals surface area contributed by atoms with Crippen molar-refractivity contribution in [3.63, 3.8) is 0 Å². The molecule has 6 nitrogen and oxygen atoms in total. The minimum Gasteiger partial charge on any atom is -0.497 e. The summed E-state index contributed by atoms with van der Waals surface area (Å²) in [7, 11) is 3.00. The third-order valence-electron chi connectivity index (χ3n) is 4.49. The molecule has 0 saturated carbocycles. The molecule has 1 unspecified atom stereocenters. The van der Waals surface area contributed by atoms with E-state index in [-0.39, 0.29) is 11.5 Å². The number of hydrogen-bond acceptors (Lipinski definition) is 5. The zero-order valence-electron chi connectivity index (χ0n) is 15.0. The Morgan fingerprint density at radius 1 is 1.12 bits per heavy atom. The van der Waals surface area contributed by atoms with Crippen LogP contribution >= 0.6 is 11.3 Å². The Bertz CT molecular complexity index is 831. The smallest absolute Gasteiger partial charge is 0.279 e. The highest BCUT2D eigenvalue weighted by Gasteiger charge is 2.21. The fraction of sp³-hybridized carbons (Fsp3) is 0.368. The van der Waals surface area contributed by atoms with Gasteiger partial charge in [-0.15, -0.1) is 11.3 Å². The lowest BCUT2D eigenvalue weighted by Gasteiger charge is -2.16. The molecule has 0 aliphatic heterocycles. The van der Waals surface area contributed by atoms with Crippen molar-refractivity contribution >= 4 is 23.2 Å². The number of benzene rings is 1. The topological polar surface area (TPSA) is 76.7 Å². The molecule has 2 N–H and O–H groups in total. The molecule has 0 radical (unpaired) electrons. The van der Waals surface area contributed by atoms with Crippen molar-refractivity contribution in [1.82, 2.24) is 10.9 Å². The molecular weight excluding hydrogens is 352 g/mol. The fourth-order valence-electron chi connectivity index (χ4n) is 3.05. The maximum atomic E-state index is 12.4. The molecule has 3 rings (SSSR count). The van der Waals surface area contributed by atoms with Crippen LogP contribution in [0.2, 0.25) is 0 Å². The number of hydrazine groups is 1. The van der Waals surface area contributed by atoms with Crippen LogP contribution in [0, 0.1) is 5.92 Å². The van der Waals surface area contributed by atoms with Crippen molar-refractivity contribution in [2.45, 2.75) is 26.2 Å². The van der Waals surface area contributed by atoms with Crippen molar-refractivity contribution in [1.29, 1.82) is 0 Å². The normalized spacial score (nSPS) is 15.7. The number of aryl methyl sites for hydroxylation is 1. The minimum absolute atomic E-state index is 0.284. The van der Waals surface area contributed by atoms with E-state index in [1.165, 1.54) is 36.0 Å². The average molecular weight is 374 g/mol. The Labute approximate surface area is 156 Å². The molecule has 2 amide bonds. The van der Waals surface area contributed by atoms with Crippen molar-refractivity contribution in [2.75, 3.05) is 14.2 Å². The highest BCUT2D eigenvalue weighted by atomic mass is 32.1. The Morgan fingerprint density at radius 2 is 1.88 bits per heavy atom. The molecule has 0 spiro atoms. The summed E-state index contributed by atoms with van der Waals surface area (Å²) in [5, 5.41) is 0. The van der Waals surface area contributed by atoms with Gasteiger partial charge in [0, 0.05) is 4.88 Å². The Kier molecular flexibility index (Phi) is 5.46. The first-order chi connectivity index (χ1) is 12.5. The van der Waals surface area contributed by atoms with Crippen LogP contribution in [0.4, 0.5) is 0 Å². The van der Waals surface area contributed by atoms with Gasteiger partial charge in [-0.1, -0.05) is 6.92 Å². The van der Waals surface area contributed by atoms with E-state index in [0.29, 0.717) is 22.3 Å². The highest BCUT2D eigenvalue weighted by Crippen LogP contribution is 2.32. The van der Waals surface area contributed by atoms with Crippen molar-refractivity contribution in [3.8, 4) is 11.5 Å².